The number of rotatable bonds is 3. The van der Waals surface area contributed by atoms with Gasteiger partial charge in [0.1, 0.15) is 12.6 Å². The molecule has 9 heteroatoms. The Balaban J connectivity index is 1.42. The van der Waals surface area contributed by atoms with E-state index in [1.165, 1.54) is 6.33 Å². The van der Waals surface area contributed by atoms with Crippen molar-refractivity contribution in [2.45, 2.75) is 25.7 Å². The van der Waals surface area contributed by atoms with E-state index >= 15 is 0 Å². The zero-order chi connectivity index (χ0) is 17.9. The number of benzene rings is 1. The standard InChI is InChI=1S/C17H19N7O2/c1-12-14(3-2-4-16(12)24-11-18-21-22-24)19-17(25)23-8-5-13(6-9-23)15-7-10-26-20-15/h2-4,7,10-11,13H,5-6,8-9H2,1H3,(H,19,25). The minimum absolute atomic E-state index is 0.0967. The number of amides is 2. The van der Waals surface area contributed by atoms with Crippen LogP contribution in [0.3, 0.4) is 0 Å². The number of tetrazole rings is 1. The highest BCUT2D eigenvalue weighted by atomic mass is 16.5. The molecule has 1 saturated heterocycles. The monoisotopic (exact) mass is 353 g/mol. The number of hydrogen-bond donors (Lipinski definition) is 1. The van der Waals surface area contributed by atoms with Gasteiger partial charge in [-0.1, -0.05) is 11.2 Å². The van der Waals surface area contributed by atoms with Gasteiger partial charge in [0.15, 0.2) is 0 Å². The Hall–Kier alpha value is -3.23. The molecule has 2 aromatic heterocycles. The van der Waals surface area contributed by atoms with Crippen molar-refractivity contribution in [3.63, 3.8) is 0 Å². The minimum Gasteiger partial charge on any atom is -0.365 e. The molecule has 1 aliphatic rings. The first-order chi connectivity index (χ1) is 12.7. The Bertz CT molecular complexity index is 869. The summed E-state index contributed by atoms with van der Waals surface area (Å²) in [5.41, 5.74) is 3.46. The van der Waals surface area contributed by atoms with Gasteiger partial charge in [-0.3, -0.25) is 0 Å². The number of hydrogen-bond acceptors (Lipinski definition) is 6. The molecule has 0 radical (unpaired) electrons. The zero-order valence-corrected chi connectivity index (χ0v) is 14.4. The first kappa shape index (κ1) is 16.2. The van der Waals surface area contributed by atoms with Crippen molar-refractivity contribution < 1.29 is 9.32 Å². The molecule has 26 heavy (non-hydrogen) atoms. The molecule has 1 aromatic carbocycles. The van der Waals surface area contributed by atoms with Gasteiger partial charge in [0.05, 0.1) is 11.4 Å². The van der Waals surface area contributed by atoms with Crippen LogP contribution in [0.15, 0.2) is 41.4 Å². The van der Waals surface area contributed by atoms with E-state index in [2.05, 4.69) is 26.0 Å². The summed E-state index contributed by atoms with van der Waals surface area (Å²) in [6.45, 7) is 3.31. The summed E-state index contributed by atoms with van der Waals surface area (Å²) < 4.78 is 6.49. The fourth-order valence-electron chi connectivity index (χ4n) is 3.28. The van der Waals surface area contributed by atoms with Gasteiger partial charge in [0.25, 0.3) is 0 Å². The van der Waals surface area contributed by atoms with Gasteiger partial charge < -0.3 is 14.7 Å². The van der Waals surface area contributed by atoms with E-state index in [1.807, 2.05) is 36.1 Å². The average molecular weight is 353 g/mol. The molecule has 2 amide bonds. The van der Waals surface area contributed by atoms with E-state index in [9.17, 15) is 4.79 Å². The number of carbonyl (C=O) groups is 1. The first-order valence-electron chi connectivity index (χ1n) is 8.51. The fourth-order valence-corrected chi connectivity index (χ4v) is 3.28. The number of nitrogens with one attached hydrogen (secondary N) is 1. The molecule has 0 saturated carbocycles. The summed E-state index contributed by atoms with van der Waals surface area (Å²) >= 11 is 0. The molecule has 4 rings (SSSR count). The van der Waals surface area contributed by atoms with Gasteiger partial charge in [-0.25, -0.2) is 9.48 Å². The van der Waals surface area contributed by atoms with Crippen LogP contribution in [0, 0.1) is 6.92 Å². The Morgan fingerprint density at radius 2 is 2.12 bits per heavy atom. The lowest BCUT2D eigenvalue weighted by Gasteiger charge is -2.31. The van der Waals surface area contributed by atoms with Gasteiger partial charge in [-0.05, 0) is 47.9 Å². The maximum absolute atomic E-state index is 12.6. The highest BCUT2D eigenvalue weighted by Crippen LogP contribution is 2.27. The van der Waals surface area contributed by atoms with Crippen LogP contribution in [0.5, 0.6) is 0 Å². The van der Waals surface area contributed by atoms with Crippen LogP contribution in [0.25, 0.3) is 5.69 Å². The summed E-state index contributed by atoms with van der Waals surface area (Å²) in [4.78, 5) is 14.5. The lowest BCUT2D eigenvalue weighted by atomic mass is 9.94. The molecular formula is C17H19N7O2. The highest BCUT2D eigenvalue weighted by molar-refractivity contribution is 5.90. The molecule has 1 N–H and O–H groups in total. The predicted octanol–water partition coefficient (Wildman–Crippen LogP) is 2.37. The third-order valence-electron chi connectivity index (χ3n) is 4.80. The van der Waals surface area contributed by atoms with Crippen molar-refractivity contribution >= 4 is 11.7 Å². The minimum atomic E-state index is -0.0967. The van der Waals surface area contributed by atoms with E-state index in [0.717, 1.165) is 35.5 Å². The smallest absolute Gasteiger partial charge is 0.321 e. The van der Waals surface area contributed by atoms with Crippen molar-refractivity contribution in [3.05, 3.63) is 48.1 Å². The van der Waals surface area contributed by atoms with Gasteiger partial charge in [0, 0.05) is 30.8 Å². The maximum Gasteiger partial charge on any atom is 0.321 e. The van der Waals surface area contributed by atoms with Crippen molar-refractivity contribution in [1.82, 2.24) is 30.3 Å². The maximum atomic E-state index is 12.6. The molecule has 0 unspecified atom stereocenters. The summed E-state index contributed by atoms with van der Waals surface area (Å²) in [5, 5.41) is 18.2. The number of carbonyl (C=O) groups excluding carboxylic acids is 1. The van der Waals surface area contributed by atoms with Crippen LogP contribution < -0.4 is 5.32 Å². The van der Waals surface area contributed by atoms with Gasteiger partial charge in [-0.2, -0.15) is 0 Å². The Morgan fingerprint density at radius 1 is 1.27 bits per heavy atom. The summed E-state index contributed by atoms with van der Waals surface area (Å²) in [7, 11) is 0. The van der Waals surface area contributed by atoms with Crippen LogP contribution >= 0.6 is 0 Å². The van der Waals surface area contributed by atoms with E-state index in [0.29, 0.717) is 19.0 Å². The average Bonchev–Trinajstić information content (AvgIpc) is 3.37. The first-order valence-corrected chi connectivity index (χ1v) is 8.51. The lowest BCUT2D eigenvalue weighted by Crippen LogP contribution is -2.40. The van der Waals surface area contributed by atoms with E-state index in [1.54, 1.807) is 10.9 Å². The van der Waals surface area contributed by atoms with Crippen LogP contribution in [0.1, 0.15) is 30.0 Å². The summed E-state index contributed by atoms with van der Waals surface area (Å²) in [5.74, 6) is 0.350. The third kappa shape index (κ3) is 3.15. The third-order valence-corrected chi connectivity index (χ3v) is 4.80. The van der Waals surface area contributed by atoms with Crippen LogP contribution in [0.2, 0.25) is 0 Å². The van der Waals surface area contributed by atoms with Crippen LogP contribution in [-0.4, -0.2) is 49.4 Å². The molecule has 0 aliphatic carbocycles. The van der Waals surface area contributed by atoms with Crippen molar-refractivity contribution in [2.24, 2.45) is 0 Å². The SMILES string of the molecule is Cc1c(NC(=O)N2CCC(c3ccon3)CC2)cccc1-n1cnnn1. The Morgan fingerprint density at radius 3 is 2.81 bits per heavy atom. The highest BCUT2D eigenvalue weighted by Gasteiger charge is 2.25. The van der Waals surface area contributed by atoms with Crippen LogP contribution in [0.4, 0.5) is 10.5 Å². The predicted molar refractivity (Wildman–Crippen MR) is 93.0 cm³/mol. The molecular weight excluding hydrogens is 334 g/mol. The molecule has 3 heterocycles. The molecule has 0 atom stereocenters. The van der Waals surface area contributed by atoms with Gasteiger partial charge >= 0.3 is 6.03 Å². The topological polar surface area (TPSA) is 102 Å². The fraction of sp³-hybridized carbons (Fsp3) is 0.353. The molecule has 134 valence electrons. The lowest BCUT2D eigenvalue weighted by molar-refractivity contribution is 0.193. The Labute approximate surface area is 150 Å². The van der Waals surface area contributed by atoms with Crippen LogP contribution in [-0.2, 0) is 0 Å². The molecule has 1 fully saturated rings. The van der Waals surface area contributed by atoms with Crippen molar-refractivity contribution in [1.29, 1.82) is 0 Å². The second kappa shape index (κ2) is 6.95. The second-order valence-electron chi connectivity index (χ2n) is 6.32. The molecule has 0 bridgehead atoms. The summed E-state index contributed by atoms with van der Waals surface area (Å²) in [6.07, 6.45) is 4.88. The quantitative estimate of drug-likeness (QED) is 0.775. The Kier molecular flexibility index (Phi) is 4.34. The van der Waals surface area contributed by atoms with Gasteiger partial charge in [-0.15, -0.1) is 5.10 Å². The molecule has 0 spiro atoms. The van der Waals surface area contributed by atoms with Crippen molar-refractivity contribution in [3.8, 4) is 5.69 Å². The van der Waals surface area contributed by atoms with E-state index in [4.69, 9.17) is 4.52 Å². The summed E-state index contributed by atoms with van der Waals surface area (Å²) in [6, 6.07) is 7.46. The normalized spacial score (nSPS) is 15.2. The van der Waals surface area contributed by atoms with Crippen molar-refractivity contribution in [2.75, 3.05) is 18.4 Å². The van der Waals surface area contributed by atoms with E-state index < -0.39 is 0 Å². The number of nitrogens with zero attached hydrogens (tertiary/aromatic N) is 6. The van der Waals surface area contributed by atoms with E-state index in [-0.39, 0.29) is 6.03 Å². The molecule has 9 nitrogen and oxygen atoms in total. The molecule has 1 aliphatic heterocycles. The molecule has 3 aromatic rings. The largest absolute Gasteiger partial charge is 0.365 e. The second-order valence-corrected chi connectivity index (χ2v) is 6.32. The number of piperidine rings is 1. The van der Waals surface area contributed by atoms with Gasteiger partial charge in [0.2, 0.25) is 0 Å². The number of likely N-dealkylation sites (tertiary alicyclic amines) is 1. The number of anilines is 1. The zero-order valence-electron chi connectivity index (χ0n) is 14.4. The number of urea groups is 1. The number of aromatic nitrogens is 5.